The molecule has 0 saturated heterocycles. The van der Waals surface area contributed by atoms with Gasteiger partial charge in [-0.3, -0.25) is 20.7 Å². The first-order valence-electron chi connectivity index (χ1n) is 11.4. The summed E-state index contributed by atoms with van der Waals surface area (Å²) in [7, 11) is 0. The van der Waals surface area contributed by atoms with Gasteiger partial charge in [-0.25, -0.2) is 14.2 Å². The lowest BCUT2D eigenvalue weighted by atomic mass is 9.97. The molecule has 0 unspecified atom stereocenters. The Morgan fingerprint density at radius 2 is 1.97 bits per heavy atom. The van der Waals surface area contributed by atoms with Crippen molar-refractivity contribution in [2.45, 2.75) is 44.9 Å². The number of pyridine rings is 1. The molecule has 0 bridgehead atoms. The SMILES string of the molecule is CC(C)(O)C[C@@H](COC(=O)Nc1cc2cc(F)ccc2cn1)N(CCC([NH])=O)Cc1ccccc1Cl. The molecule has 1 atom stereocenters. The number of anilines is 1. The fourth-order valence-electron chi connectivity index (χ4n) is 3.84. The van der Waals surface area contributed by atoms with Gasteiger partial charge in [0.2, 0.25) is 5.91 Å². The van der Waals surface area contributed by atoms with Crippen molar-refractivity contribution in [2.24, 2.45) is 0 Å². The zero-order chi connectivity index (χ0) is 26.3. The van der Waals surface area contributed by atoms with Gasteiger partial charge in [-0.05, 0) is 61.5 Å². The number of halogens is 2. The molecule has 1 aromatic heterocycles. The predicted molar refractivity (Wildman–Crippen MR) is 136 cm³/mol. The molecular formula is C26H29ClFN4O4. The van der Waals surface area contributed by atoms with Crippen molar-refractivity contribution in [3.8, 4) is 0 Å². The van der Waals surface area contributed by atoms with E-state index in [9.17, 15) is 19.1 Å². The van der Waals surface area contributed by atoms with Crippen LogP contribution in [0, 0.1) is 5.82 Å². The first kappa shape index (κ1) is 27.3. The zero-order valence-electron chi connectivity index (χ0n) is 20.1. The molecule has 8 nitrogen and oxygen atoms in total. The number of amides is 2. The van der Waals surface area contributed by atoms with Crippen molar-refractivity contribution in [3.05, 3.63) is 71.1 Å². The van der Waals surface area contributed by atoms with E-state index in [1.54, 1.807) is 32.0 Å². The van der Waals surface area contributed by atoms with Crippen LogP contribution >= 0.6 is 11.6 Å². The molecule has 0 spiro atoms. The van der Waals surface area contributed by atoms with E-state index >= 15 is 0 Å². The second kappa shape index (κ2) is 12.1. The first-order chi connectivity index (χ1) is 17.0. The van der Waals surface area contributed by atoms with Gasteiger partial charge in [-0.1, -0.05) is 29.8 Å². The summed E-state index contributed by atoms with van der Waals surface area (Å²) >= 11 is 6.33. The van der Waals surface area contributed by atoms with Gasteiger partial charge in [-0.2, -0.15) is 0 Å². The number of benzene rings is 2. The maximum atomic E-state index is 13.5. The van der Waals surface area contributed by atoms with E-state index in [2.05, 4.69) is 10.3 Å². The number of aliphatic hydroxyl groups is 1. The Morgan fingerprint density at radius 1 is 1.22 bits per heavy atom. The van der Waals surface area contributed by atoms with Crippen LogP contribution in [0.3, 0.4) is 0 Å². The number of hydrogen-bond acceptors (Lipinski definition) is 6. The van der Waals surface area contributed by atoms with Crippen LogP contribution in [0.15, 0.2) is 54.7 Å². The van der Waals surface area contributed by atoms with Crippen LogP contribution in [0.2, 0.25) is 5.02 Å². The van der Waals surface area contributed by atoms with Crippen molar-refractivity contribution in [2.75, 3.05) is 18.5 Å². The van der Waals surface area contributed by atoms with E-state index < -0.39 is 29.5 Å². The van der Waals surface area contributed by atoms with Gasteiger partial charge in [0.25, 0.3) is 0 Å². The number of carbonyl (C=O) groups is 2. The summed E-state index contributed by atoms with van der Waals surface area (Å²) in [5, 5.41) is 14.9. The van der Waals surface area contributed by atoms with Gasteiger partial charge >= 0.3 is 6.09 Å². The van der Waals surface area contributed by atoms with E-state index in [-0.39, 0.29) is 31.8 Å². The van der Waals surface area contributed by atoms with Gasteiger partial charge in [0.15, 0.2) is 0 Å². The molecule has 0 aliphatic heterocycles. The molecule has 1 heterocycles. The van der Waals surface area contributed by atoms with Crippen molar-refractivity contribution in [3.63, 3.8) is 0 Å². The third-order valence-electron chi connectivity index (χ3n) is 5.53. The molecule has 0 aliphatic carbocycles. The van der Waals surface area contributed by atoms with Crippen molar-refractivity contribution in [1.82, 2.24) is 15.6 Å². The molecule has 10 heteroatoms. The standard InChI is InChI=1S/C26H29ClFN4O4/c1-26(2,35)13-21(32(10-9-23(29)33)15-18-5-3-4-6-22(18)27)16-36-25(34)31-24-12-19-11-20(28)8-7-17(19)14-30-24/h3-8,11-12,14,21,29,35H,9-10,13,15-16H2,1-2H3,(H,30,31,34)/t21-/m0/s1. The molecule has 2 aromatic carbocycles. The topological polar surface area (TPSA) is 116 Å². The fourth-order valence-corrected chi connectivity index (χ4v) is 4.04. The molecule has 0 aliphatic rings. The summed E-state index contributed by atoms with van der Waals surface area (Å²) < 4.78 is 19.0. The van der Waals surface area contributed by atoms with E-state index in [0.717, 1.165) is 10.9 Å². The van der Waals surface area contributed by atoms with E-state index in [0.29, 0.717) is 17.0 Å². The van der Waals surface area contributed by atoms with Gasteiger partial charge in [0.1, 0.15) is 18.2 Å². The molecule has 191 valence electrons. The summed E-state index contributed by atoms with van der Waals surface area (Å²) in [5.41, 5.74) is 7.01. The van der Waals surface area contributed by atoms with Crippen LogP contribution in [0.25, 0.3) is 10.8 Å². The second-order valence-corrected chi connectivity index (χ2v) is 9.60. The molecule has 3 N–H and O–H groups in total. The lowest BCUT2D eigenvalue weighted by molar-refractivity contribution is -0.119. The number of carbonyl (C=O) groups excluding carboxylic acids is 2. The maximum absolute atomic E-state index is 13.5. The number of rotatable bonds is 11. The number of fused-ring (bicyclic) bond motifs is 1. The van der Waals surface area contributed by atoms with Crippen LogP contribution < -0.4 is 11.1 Å². The minimum atomic E-state index is -1.10. The van der Waals surface area contributed by atoms with Crippen LogP contribution in [0.5, 0.6) is 0 Å². The highest BCUT2D eigenvalue weighted by Crippen LogP contribution is 2.23. The number of nitrogens with one attached hydrogen (secondary N) is 2. The Bertz CT molecular complexity index is 1220. The highest BCUT2D eigenvalue weighted by Gasteiger charge is 2.28. The average Bonchev–Trinajstić information content (AvgIpc) is 2.79. The van der Waals surface area contributed by atoms with E-state index in [1.165, 1.54) is 24.4 Å². The highest BCUT2D eigenvalue weighted by atomic mass is 35.5. The second-order valence-electron chi connectivity index (χ2n) is 9.19. The Balaban J connectivity index is 1.74. The number of aromatic nitrogens is 1. The van der Waals surface area contributed by atoms with Crippen molar-refractivity contribution < 1.29 is 23.8 Å². The Kier molecular flexibility index (Phi) is 9.19. The third kappa shape index (κ3) is 8.44. The molecule has 0 fully saturated rings. The van der Waals surface area contributed by atoms with Crippen molar-refractivity contribution >= 4 is 40.2 Å². The summed E-state index contributed by atoms with van der Waals surface area (Å²) in [6, 6.07) is 12.6. The summed E-state index contributed by atoms with van der Waals surface area (Å²) in [4.78, 5) is 30.0. The summed E-state index contributed by atoms with van der Waals surface area (Å²) in [5.74, 6) is -0.926. The molecule has 36 heavy (non-hydrogen) atoms. The Labute approximate surface area is 214 Å². The van der Waals surface area contributed by atoms with E-state index in [1.807, 2.05) is 17.0 Å². The molecule has 3 aromatic rings. The summed E-state index contributed by atoms with van der Waals surface area (Å²) in [6.07, 6.45) is 0.944. The van der Waals surface area contributed by atoms with Gasteiger partial charge in [0.05, 0.1) is 5.60 Å². The molecule has 0 saturated carbocycles. The molecule has 1 radical (unpaired) electrons. The van der Waals surface area contributed by atoms with Crippen molar-refractivity contribution in [1.29, 1.82) is 0 Å². The maximum Gasteiger partial charge on any atom is 0.412 e. The predicted octanol–water partition coefficient (Wildman–Crippen LogP) is 4.81. The third-order valence-corrected chi connectivity index (χ3v) is 5.90. The highest BCUT2D eigenvalue weighted by molar-refractivity contribution is 6.31. The first-order valence-corrected chi connectivity index (χ1v) is 11.8. The number of ether oxygens (including phenoxy) is 1. The van der Waals surface area contributed by atoms with Crippen LogP contribution in [-0.2, 0) is 16.1 Å². The lowest BCUT2D eigenvalue weighted by Crippen LogP contribution is -2.44. The van der Waals surface area contributed by atoms with Gasteiger partial charge < -0.3 is 9.84 Å². The normalized spacial score (nSPS) is 12.5. The number of nitrogens with zero attached hydrogens (tertiary/aromatic N) is 2. The molecule has 2 amide bonds. The van der Waals surface area contributed by atoms with Crippen LogP contribution in [0.4, 0.5) is 15.0 Å². The van der Waals surface area contributed by atoms with E-state index in [4.69, 9.17) is 22.1 Å². The molecule has 3 rings (SSSR count). The zero-order valence-corrected chi connectivity index (χ0v) is 20.9. The van der Waals surface area contributed by atoms with Gasteiger partial charge in [0, 0.05) is 42.2 Å². The van der Waals surface area contributed by atoms with Gasteiger partial charge in [-0.15, -0.1) is 0 Å². The summed E-state index contributed by atoms with van der Waals surface area (Å²) in [6.45, 7) is 3.73. The smallest absolute Gasteiger partial charge is 0.412 e. The van der Waals surface area contributed by atoms with Crippen LogP contribution in [-0.4, -0.2) is 51.8 Å². The minimum Gasteiger partial charge on any atom is -0.448 e. The fraction of sp³-hybridized carbons (Fsp3) is 0.346. The average molecular weight is 516 g/mol. The quantitative estimate of drug-likeness (QED) is 0.378. The molecular weight excluding hydrogens is 487 g/mol. The van der Waals surface area contributed by atoms with Crippen LogP contribution in [0.1, 0.15) is 32.3 Å². The largest absolute Gasteiger partial charge is 0.448 e. The monoisotopic (exact) mass is 515 g/mol. The Morgan fingerprint density at radius 3 is 2.67 bits per heavy atom. The minimum absolute atomic E-state index is 0.0312. The lowest BCUT2D eigenvalue weighted by Gasteiger charge is -2.35. The Hall–Kier alpha value is -3.27. The number of hydrogen-bond donors (Lipinski definition) is 2.